The molecule has 4 nitrogen and oxygen atoms in total. The normalized spacial score (nSPS) is 15.1. The molecule has 0 fully saturated rings. The molecule has 0 amide bonds. The maximum atomic E-state index is 5.58. The average molecular weight is 338 g/mol. The molecule has 1 aliphatic heterocycles. The first-order chi connectivity index (χ1) is 9.72. The molecule has 1 atom stereocenters. The Morgan fingerprint density at radius 3 is 2.70 bits per heavy atom. The number of fused-ring (bicyclic) bond motifs is 1. The van der Waals surface area contributed by atoms with Gasteiger partial charge in [0.15, 0.2) is 16.2 Å². The van der Waals surface area contributed by atoms with Crippen LogP contribution in [0.4, 0.5) is 0 Å². The van der Waals surface area contributed by atoms with E-state index in [4.69, 9.17) is 13.9 Å². The van der Waals surface area contributed by atoms with Gasteiger partial charge >= 0.3 is 0 Å². The van der Waals surface area contributed by atoms with Gasteiger partial charge in [-0.15, -0.1) is 0 Å². The third kappa shape index (κ3) is 2.99. The van der Waals surface area contributed by atoms with Gasteiger partial charge in [-0.1, -0.05) is 6.07 Å². The lowest BCUT2D eigenvalue weighted by Gasteiger charge is -2.19. The largest absolute Gasteiger partial charge is 0.486 e. The molecule has 3 rings (SSSR count). The van der Waals surface area contributed by atoms with Crippen molar-refractivity contribution in [3.8, 4) is 11.5 Å². The van der Waals surface area contributed by atoms with Gasteiger partial charge in [-0.2, -0.15) is 0 Å². The fraction of sp³-hybridized carbons (Fsp3) is 0.333. The SMILES string of the molecule is CC(NCc1ccc2c(c1)OCCO2)c1ccc(Br)o1. The van der Waals surface area contributed by atoms with Gasteiger partial charge < -0.3 is 19.2 Å². The number of hydrogen-bond donors (Lipinski definition) is 1. The molecule has 0 saturated carbocycles. The number of benzene rings is 1. The zero-order valence-corrected chi connectivity index (χ0v) is 12.8. The van der Waals surface area contributed by atoms with Crippen LogP contribution >= 0.6 is 15.9 Å². The Morgan fingerprint density at radius 2 is 1.95 bits per heavy atom. The van der Waals surface area contributed by atoms with E-state index in [-0.39, 0.29) is 6.04 Å². The van der Waals surface area contributed by atoms with Crippen LogP contribution in [0.5, 0.6) is 11.5 Å². The second kappa shape index (κ2) is 5.89. The summed E-state index contributed by atoms with van der Waals surface area (Å²) in [6.45, 7) is 4.05. The summed E-state index contributed by atoms with van der Waals surface area (Å²) in [5, 5.41) is 3.42. The molecule has 0 radical (unpaired) electrons. The molecule has 1 N–H and O–H groups in total. The molecule has 1 aromatic heterocycles. The number of ether oxygens (including phenoxy) is 2. The predicted molar refractivity (Wildman–Crippen MR) is 79.1 cm³/mol. The van der Waals surface area contributed by atoms with E-state index < -0.39 is 0 Å². The zero-order valence-electron chi connectivity index (χ0n) is 11.2. The Kier molecular flexibility index (Phi) is 3.98. The molecule has 20 heavy (non-hydrogen) atoms. The maximum Gasteiger partial charge on any atom is 0.169 e. The molecule has 2 heterocycles. The quantitative estimate of drug-likeness (QED) is 0.924. The highest BCUT2D eigenvalue weighted by Gasteiger charge is 2.13. The molecular formula is C15H16BrNO3. The minimum absolute atomic E-state index is 0.148. The van der Waals surface area contributed by atoms with E-state index in [1.54, 1.807) is 0 Å². The molecule has 0 spiro atoms. The number of nitrogens with one attached hydrogen (secondary N) is 1. The Hall–Kier alpha value is -1.46. The first-order valence-electron chi connectivity index (χ1n) is 6.59. The summed E-state index contributed by atoms with van der Waals surface area (Å²) in [4.78, 5) is 0. The second-order valence-electron chi connectivity index (χ2n) is 4.72. The zero-order chi connectivity index (χ0) is 13.9. The molecular weight excluding hydrogens is 322 g/mol. The van der Waals surface area contributed by atoms with Crippen molar-refractivity contribution in [2.75, 3.05) is 13.2 Å². The Bertz CT molecular complexity index is 597. The van der Waals surface area contributed by atoms with Crippen molar-refractivity contribution in [1.29, 1.82) is 0 Å². The van der Waals surface area contributed by atoms with Crippen molar-refractivity contribution in [3.05, 3.63) is 46.3 Å². The van der Waals surface area contributed by atoms with Crippen molar-refractivity contribution < 1.29 is 13.9 Å². The van der Waals surface area contributed by atoms with Crippen LogP contribution in [0.1, 0.15) is 24.3 Å². The molecule has 0 aliphatic carbocycles. The van der Waals surface area contributed by atoms with Gasteiger partial charge in [0.25, 0.3) is 0 Å². The van der Waals surface area contributed by atoms with Gasteiger partial charge in [-0.25, -0.2) is 0 Å². The minimum atomic E-state index is 0.148. The molecule has 1 aromatic carbocycles. The summed E-state index contributed by atoms with van der Waals surface area (Å²) in [6, 6.07) is 10.0. The van der Waals surface area contributed by atoms with Crippen LogP contribution in [0.15, 0.2) is 39.4 Å². The highest BCUT2D eigenvalue weighted by atomic mass is 79.9. The van der Waals surface area contributed by atoms with E-state index in [2.05, 4.69) is 28.2 Å². The van der Waals surface area contributed by atoms with Gasteiger partial charge in [-0.3, -0.25) is 0 Å². The lowest BCUT2D eigenvalue weighted by atomic mass is 10.1. The minimum Gasteiger partial charge on any atom is -0.486 e. The molecule has 0 bridgehead atoms. The van der Waals surface area contributed by atoms with Crippen molar-refractivity contribution in [1.82, 2.24) is 5.32 Å². The summed E-state index contributed by atoms with van der Waals surface area (Å²) in [5.74, 6) is 2.56. The van der Waals surface area contributed by atoms with E-state index in [1.165, 1.54) is 0 Å². The van der Waals surface area contributed by atoms with Crippen LogP contribution in [-0.4, -0.2) is 13.2 Å². The Labute approximate surface area is 126 Å². The van der Waals surface area contributed by atoms with Crippen LogP contribution < -0.4 is 14.8 Å². The van der Waals surface area contributed by atoms with Crippen molar-refractivity contribution in [2.24, 2.45) is 0 Å². The fourth-order valence-electron chi connectivity index (χ4n) is 2.13. The summed E-state index contributed by atoms with van der Waals surface area (Å²) < 4.78 is 17.4. The van der Waals surface area contributed by atoms with E-state index >= 15 is 0 Å². The summed E-state index contributed by atoms with van der Waals surface area (Å²) in [6.07, 6.45) is 0. The standard InChI is InChI=1S/C15H16BrNO3/c1-10(12-4-5-15(16)20-12)17-9-11-2-3-13-14(8-11)19-7-6-18-13/h2-5,8,10,17H,6-7,9H2,1H3. The van der Waals surface area contributed by atoms with Crippen LogP contribution in [0.25, 0.3) is 0 Å². The number of hydrogen-bond acceptors (Lipinski definition) is 4. The number of rotatable bonds is 4. The Morgan fingerprint density at radius 1 is 1.15 bits per heavy atom. The summed E-state index contributed by atoms with van der Waals surface area (Å²) >= 11 is 3.31. The molecule has 106 valence electrons. The first kappa shape index (κ1) is 13.5. The van der Waals surface area contributed by atoms with Crippen molar-refractivity contribution in [3.63, 3.8) is 0 Å². The molecule has 0 saturated heterocycles. The Balaban J connectivity index is 1.63. The van der Waals surface area contributed by atoms with Gasteiger partial charge in [-0.05, 0) is 52.7 Å². The van der Waals surface area contributed by atoms with Gasteiger partial charge in [0.1, 0.15) is 19.0 Å². The van der Waals surface area contributed by atoms with E-state index in [0.29, 0.717) is 13.2 Å². The second-order valence-corrected chi connectivity index (χ2v) is 5.50. The highest BCUT2D eigenvalue weighted by Crippen LogP contribution is 2.31. The van der Waals surface area contributed by atoms with Gasteiger partial charge in [0.2, 0.25) is 0 Å². The molecule has 1 unspecified atom stereocenters. The van der Waals surface area contributed by atoms with Crippen LogP contribution in [0, 0.1) is 0 Å². The van der Waals surface area contributed by atoms with Crippen molar-refractivity contribution in [2.45, 2.75) is 19.5 Å². The lowest BCUT2D eigenvalue weighted by molar-refractivity contribution is 0.171. The highest BCUT2D eigenvalue weighted by molar-refractivity contribution is 9.10. The smallest absolute Gasteiger partial charge is 0.169 e. The summed E-state index contributed by atoms with van der Waals surface area (Å²) in [7, 11) is 0. The third-order valence-corrected chi connectivity index (χ3v) is 3.67. The molecule has 2 aromatic rings. The van der Waals surface area contributed by atoms with Crippen molar-refractivity contribution >= 4 is 15.9 Å². The maximum absolute atomic E-state index is 5.58. The van der Waals surface area contributed by atoms with Gasteiger partial charge in [0, 0.05) is 6.54 Å². The summed E-state index contributed by atoms with van der Waals surface area (Å²) in [5.41, 5.74) is 1.16. The van der Waals surface area contributed by atoms with E-state index in [0.717, 1.165) is 34.0 Å². The predicted octanol–water partition coefficient (Wildman–Crippen LogP) is 3.66. The number of halogens is 1. The first-order valence-corrected chi connectivity index (χ1v) is 7.39. The molecule has 1 aliphatic rings. The lowest BCUT2D eigenvalue weighted by Crippen LogP contribution is -2.18. The van der Waals surface area contributed by atoms with Crippen LogP contribution in [0.2, 0.25) is 0 Å². The van der Waals surface area contributed by atoms with Gasteiger partial charge in [0.05, 0.1) is 6.04 Å². The number of furan rings is 1. The van der Waals surface area contributed by atoms with E-state index in [9.17, 15) is 0 Å². The average Bonchev–Trinajstić information content (AvgIpc) is 2.91. The third-order valence-electron chi connectivity index (χ3n) is 3.24. The van der Waals surface area contributed by atoms with Crippen LogP contribution in [-0.2, 0) is 6.54 Å². The fourth-order valence-corrected chi connectivity index (χ4v) is 2.45. The van der Waals surface area contributed by atoms with E-state index in [1.807, 2.05) is 30.3 Å². The van der Waals surface area contributed by atoms with Crippen LogP contribution in [0.3, 0.4) is 0 Å². The monoisotopic (exact) mass is 337 g/mol. The molecule has 5 heteroatoms. The topological polar surface area (TPSA) is 43.6 Å².